The SMILES string of the molecule is FC1=CC(F)(OC(Cc2cccs2)C2CCCCC2)CC=C1. The van der Waals surface area contributed by atoms with Crippen molar-refractivity contribution in [3.05, 3.63) is 46.4 Å². The van der Waals surface area contributed by atoms with E-state index in [1.54, 1.807) is 11.3 Å². The Balaban J connectivity index is 1.74. The van der Waals surface area contributed by atoms with E-state index in [4.69, 9.17) is 4.74 Å². The summed E-state index contributed by atoms with van der Waals surface area (Å²) in [6.45, 7) is 0. The van der Waals surface area contributed by atoms with Crippen LogP contribution in [0.15, 0.2) is 41.6 Å². The smallest absolute Gasteiger partial charge is 0.235 e. The Morgan fingerprint density at radius 3 is 2.82 bits per heavy atom. The molecule has 1 nitrogen and oxygen atoms in total. The monoisotopic (exact) mass is 324 g/mol. The molecule has 22 heavy (non-hydrogen) atoms. The van der Waals surface area contributed by atoms with Crippen molar-refractivity contribution in [1.82, 2.24) is 0 Å². The highest BCUT2D eigenvalue weighted by atomic mass is 32.1. The molecule has 2 atom stereocenters. The van der Waals surface area contributed by atoms with Gasteiger partial charge < -0.3 is 4.74 Å². The van der Waals surface area contributed by atoms with Gasteiger partial charge >= 0.3 is 0 Å². The fourth-order valence-electron chi connectivity index (χ4n) is 3.42. The van der Waals surface area contributed by atoms with Crippen molar-refractivity contribution < 1.29 is 13.5 Å². The van der Waals surface area contributed by atoms with Gasteiger partial charge in [0.2, 0.25) is 5.85 Å². The van der Waals surface area contributed by atoms with E-state index >= 15 is 0 Å². The molecule has 120 valence electrons. The minimum absolute atomic E-state index is 0.0913. The highest BCUT2D eigenvalue weighted by Crippen LogP contribution is 2.36. The third-order valence-electron chi connectivity index (χ3n) is 4.53. The van der Waals surface area contributed by atoms with Gasteiger partial charge in [-0.2, -0.15) is 0 Å². The van der Waals surface area contributed by atoms with Crippen molar-refractivity contribution >= 4 is 11.3 Å². The summed E-state index contributed by atoms with van der Waals surface area (Å²) in [6.07, 6.45) is 10.2. The van der Waals surface area contributed by atoms with Crippen LogP contribution in [-0.4, -0.2) is 12.0 Å². The first-order valence-corrected chi connectivity index (χ1v) is 8.97. The fraction of sp³-hybridized carbons (Fsp3) is 0.556. The van der Waals surface area contributed by atoms with Crippen LogP contribution in [-0.2, 0) is 11.2 Å². The minimum Gasteiger partial charge on any atom is -0.338 e. The Kier molecular flexibility index (Phi) is 5.09. The van der Waals surface area contributed by atoms with Crippen LogP contribution in [0, 0.1) is 5.92 Å². The second-order valence-corrected chi connectivity index (χ2v) is 7.29. The second-order valence-electron chi connectivity index (χ2n) is 6.26. The summed E-state index contributed by atoms with van der Waals surface area (Å²) >= 11 is 1.67. The normalized spacial score (nSPS) is 27.6. The van der Waals surface area contributed by atoms with Crippen molar-refractivity contribution in [2.24, 2.45) is 5.92 Å². The summed E-state index contributed by atoms with van der Waals surface area (Å²) in [4.78, 5) is 1.20. The molecule has 1 aromatic heterocycles. The number of thiophene rings is 1. The molecule has 0 amide bonds. The zero-order valence-corrected chi connectivity index (χ0v) is 13.5. The Labute approximate surface area is 134 Å². The maximum absolute atomic E-state index is 14.9. The number of rotatable bonds is 5. The average Bonchev–Trinajstić information content (AvgIpc) is 3.00. The van der Waals surface area contributed by atoms with Gasteiger partial charge in [0.15, 0.2) is 0 Å². The van der Waals surface area contributed by atoms with Crippen molar-refractivity contribution in [2.75, 3.05) is 0 Å². The van der Waals surface area contributed by atoms with E-state index in [1.165, 1.54) is 36.3 Å². The van der Waals surface area contributed by atoms with Gasteiger partial charge in [-0.1, -0.05) is 31.4 Å². The lowest BCUT2D eigenvalue weighted by atomic mass is 9.83. The summed E-state index contributed by atoms with van der Waals surface area (Å²) in [7, 11) is 0. The van der Waals surface area contributed by atoms with Crippen LogP contribution in [0.25, 0.3) is 0 Å². The van der Waals surface area contributed by atoms with Crippen molar-refractivity contribution in [2.45, 2.75) is 56.9 Å². The quantitative estimate of drug-likeness (QED) is 0.671. The van der Waals surface area contributed by atoms with E-state index in [0.717, 1.165) is 18.9 Å². The van der Waals surface area contributed by atoms with Crippen LogP contribution in [0.1, 0.15) is 43.4 Å². The Morgan fingerprint density at radius 2 is 2.14 bits per heavy atom. The third kappa shape index (κ3) is 4.05. The molecule has 1 heterocycles. The van der Waals surface area contributed by atoms with Crippen LogP contribution in [0.4, 0.5) is 8.78 Å². The second kappa shape index (κ2) is 7.05. The van der Waals surface area contributed by atoms with Crippen LogP contribution in [0.3, 0.4) is 0 Å². The van der Waals surface area contributed by atoms with Gasteiger partial charge in [0, 0.05) is 23.8 Å². The summed E-state index contributed by atoms with van der Waals surface area (Å²) in [5.74, 6) is -2.18. The summed E-state index contributed by atoms with van der Waals surface area (Å²) in [6, 6.07) is 4.07. The zero-order chi connectivity index (χ0) is 15.4. The molecule has 4 heteroatoms. The van der Waals surface area contributed by atoms with E-state index in [-0.39, 0.29) is 12.5 Å². The predicted octanol–water partition coefficient (Wildman–Crippen LogP) is 5.74. The van der Waals surface area contributed by atoms with E-state index in [0.29, 0.717) is 12.3 Å². The van der Waals surface area contributed by atoms with Gasteiger partial charge in [-0.15, -0.1) is 11.3 Å². The highest BCUT2D eigenvalue weighted by Gasteiger charge is 2.36. The van der Waals surface area contributed by atoms with E-state index in [9.17, 15) is 8.78 Å². The van der Waals surface area contributed by atoms with Crippen molar-refractivity contribution in [1.29, 1.82) is 0 Å². The molecule has 1 fully saturated rings. The molecule has 2 aliphatic rings. The molecule has 3 rings (SSSR count). The number of halogens is 2. The Hall–Kier alpha value is -1.00. The lowest BCUT2D eigenvalue weighted by molar-refractivity contribution is -0.163. The van der Waals surface area contributed by atoms with Gasteiger partial charge in [-0.25, -0.2) is 8.78 Å². The number of hydrogen-bond acceptors (Lipinski definition) is 2. The van der Waals surface area contributed by atoms with Crippen LogP contribution < -0.4 is 0 Å². The van der Waals surface area contributed by atoms with Crippen LogP contribution >= 0.6 is 11.3 Å². The molecule has 0 N–H and O–H groups in total. The molecule has 1 aromatic rings. The maximum Gasteiger partial charge on any atom is 0.235 e. The molecule has 0 spiro atoms. The molecule has 1 saturated carbocycles. The lowest BCUT2D eigenvalue weighted by Crippen LogP contribution is -2.37. The predicted molar refractivity (Wildman–Crippen MR) is 86.3 cm³/mol. The number of hydrogen-bond donors (Lipinski definition) is 0. The first-order chi connectivity index (χ1) is 10.6. The van der Waals surface area contributed by atoms with Crippen LogP contribution in [0.2, 0.25) is 0 Å². The third-order valence-corrected chi connectivity index (χ3v) is 5.43. The molecule has 0 aliphatic heterocycles. The standard InChI is InChI=1S/C18H22F2OS/c19-15-8-4-10-18(20,13-15)21-17(12-16-9-5-11-22-16)14-6-2-1-3-7-14/h4-5,8-9,11,13-14,17H,1-3,6-7,10,12H2. The average molecular weight is 324 g/mol. The largest absolute Gasteiger partial charge is 0.338 e. The Morgan fingerprint density at radius 1 is 1.32 bits per heavy atom. The van der Waals surface area contributed by atoms with Gasteiger partial charge in [-0.05, 0) is 36.3 Å². The fourth-order valence-corrected chi connectivity index (χ4v) is 4.17. The first-order valence-electron chi connectivity index (χ1n) is 8.09. The van der Waals surface area contributed by atoms with Gasteiger partial charge in [0.25, 0.3) is 0 Å². The van der Waals surface area contributed by atoms with Crippen molar-refractivity contribution in [3.63, 3.8) is 0 Å². The lowest BCUT2D eigenvalue weighted by Gasteiger charge is -2.35. The molecular weight excluding hydrogens is 302 g/mol. The molecule has 0 aromatic carbocycles. The number of alkyl halides is 1. The molecule has 2 aliphatic carbocycles. The zero-order valence-electron chi connectivity index (χ0n) is 12.6. The van der Waals surface area contributed by atoms with Crippen LogP contribution in [0.5, 0.6) is 0 Å². The molecule has 2 unspecified atom stereocenters. The van der Waals surface area contributed by atoms with E-state index < -0.39 is 11.7 Å². The van der Waals surface area contributed by atoms with E-state index in [1.807, 2.05) is 11.4 Å². The Bertz CT molecular complexity index is 531. The summed E-state index contributed by atoms with van der Waals surface area (Å²) < 4.78 is 34.1. The molecule has 0 radical (unpaired) electrons. The summed E-state index contributed by atoms with van der Waals surface area (Å²) in [5.41, 5.74) is 0. The first kappa shape index (κ1) is 15.9. The summed E-state index contributed by atoms with van der Waals surface area (Å²) in [5, 5.41) is 2.03. The molecule has 0 bridgehead atoms. The molecule has 0 saturated heterocycles. The van der Waals surface area contributed by atoms with Gasteiger partial charge in [0.1, 0.15) is 5.83 Å². The van der Waals surface area contributed by atoms with E-state index in [2.05, 4.69) is 6.07 Å². The van der Waals surface area contributed by atoms with Crippen molar-refractivity contribution in [3.8, 4) is 0 Å². The molecular formula is C18H22F2OS. The van der Waals surface area contributed by atoms with Gasteiger partial charge in [-0.3, -0.25) is 0 Å². The highest BCUT2D eigenvalue weighted by molar-refractivity contribution is 7.09. The minimum atomic E-state index is -2.00. The number of ether oxygens (including phenoxy) is 1. The topological polar surface area (TPSA) is 9.23 Å². The maximum atomic E-state index is 14.9. The number of allylic oxidation sites excluding steroid dienone is 2. The van der Waals surface area contributed by atoms with Gasteiger partial charge in [0.05, 0.1) is 6.10 Å².